The van der Waals surface area contributed by atoms with E-state index in [1.807, 2.05) is 35.7 Å². The average Bonchev–Trinajstić information content (AvgIpc) is 3.60. The van der Waals surface area contributed by atoms with Crippen LogP contribution in [0.1, 0.15) is 0 Å². The van der Waals surface area contributed by atoms with Gasteiger partial charge in [-0.3, -0.25) is 4.98 Å². The topological polar surface area (TPSA) is 115 Å². The van der Waals surface area contributed by atoms with E-state index >= 15 is 0 Å². The van der Waals surface area contributed by atoms with Gasteiger partial charge in [-0.15, -0.1) is 11.3 Å². The molecule has 0 radical (unpaired) electrons. The molecule has 2 aliphatic rings. The second kappa shape index (κ2) is 8.67. The number of rotatable bonds is 6. The predicted molar refractivity (Wildman–Crippen MR) is 128 cm³/mol. The zero-order valence-corrected chi connectivity index (χ0v) is 19.5. The summed E-state index contributed by atoms with van der Waals surface area (Å²) in [5, 5.41) is 6.06. The van der Waals surface area contributed by atoms with Gasteiger partial charge in [0.1, 0.15) is 17.1 Å². The second-order valence-electron chi connectivity index (χ2n) is 8.15. The summed E-state index contributed by atoms with van der Waals surface area (Å²) in [6.45, 7) is 0.566. The molecule has 0 spiro atoms. The van der Waals surface area contributed by atoms with Crippen LogP contribution in [0.4, 0.5) is 5.95 Å². The van der Waals surface area contributed by atoms with Crippen molar-refractivity contribution in [2.45, 2.75) is 29.2 Å². The van der Waals surface area contributed by atoms with Crippen molar-refractivity contribution in [3.05, 3.63) is 66.3 Å². The molecule has 1 aromatic carbocycles. The summed E-state index contributed by atoms with van der Waals surface area (Å²) in [5.41, 5.74) is 1.27. The Morgan fingerprint density at radius 2 is 1.74 bits per heavy atom. The first-order chi connectivity index (χ1) is 16.6. The van der Waals surface area contributed by atoms with Gasteiger partial charge in [-0.1, -0.05) is 24.3 Å². The first-order valence-corrected chi connectivity index (χ1v) is 13.2. The summed E-state index contributed by atoms with van der Waals surface area (Å²) < 4.78 is 41.1. The summed E-state index contributed by atoms with van der Waals surface area (Å²) in [4.78, 5) is 14.4. The molecule has 34 heavy (non-hydrogen) atoms. The number of nitrogens with zero attached hydrogens (tertiary/aromatic N) is 3. The van der Waals surface area contributed by atoms with Crippen molar-refractivity contribution in [1.29, 1.82) is 0 Å². The van der Waals surface area contributed by atoms with Crippen molar-refractivity contribution in [3.63, 3.8) is 0 Å². The number of nitrogens with one attached hydrogen (secondary N) is 2. The Morgan fingerprint density at radius 3 is 2.59 bits per heavy atom. The molecule has 174 valence electrons. The van der Waals surface area contributed by atoms with E-state index in [4.69, 9.17) is 9.47 Å². The van der Waals surface area contributed by atoms with E-state index in [2.05, 4.69) is 25.0 Å². The van der Waals surface area contributed by atoms with Crippen LogP contribution in [0.15, 0.2) is 71.2 Å². The predicted octanol–water partition coefficient (Wildman–Crippen LogP) is 2.68. The van der Waals surface area contributed by atoms with E-state index in [0.29, 0.717) is 18.1 Å². The number of sulfonamides is 1. The molecule has 4 aromatic rings. The Morgan fingerprint density at radius 1 is 0.912 bits per heavy atom. The molecule has 0 saturated carbocycles. The summed E-state index contributed by atoms with van der Waals surface area (Å²) >= 11 is 1.61. The number of anilines is 1. The number of pyridine rings is 1. The largest absolute Gasteiger partial charge is 0.371 e. The summed E-state index contributed by atoms with van der Waals surface area (Å²) in [6, 6.07) is 13.9. The van der Waals surface area contributed by atoms with E-state index in [1.54, 1.807) is 41.9 Å². The van der Waals surface area contributed by atoms with Gasteiger partial charge in [0.25, 0.3) is 0 Å². The molecule has 4 unspecified atom stereocenters. The Balaban J connectivity index is 1.17. The van der Waals surface area contributed by atoms with Crippen molar-refractivity contribution >= 4 is 38.2 Å². The third kappa shape index (κ3) is 3.95. The fourth-order valence-electron chi connectivity index (χ4n) is 4.44. The van der Waals surface area contributed by atoms with Crippen LogP contribution in [0.5, 0.6) is 0 Å². The smallest absolute Gasteiger partial charge is 0.243 e. The summed E-state index contributed by atoms with van der Waals surface area (Å²) in [5.74, 6) is 0.481. The molecule has 0 aliphatic carbocycles. The molecule has 5 heterocycles. The number of ether oxygens (including phenoxy) is 2. The number of fused-ring (bicyclic) bond motifs is 2. The van der Waals surface area contributed by atoms with E-state index in [9.17, 15) is 8.42 Å². The molecule has 3 aromatic heterocycles. The van der Waals surface area contributed by atoms with Crippen molar-refractivity contribution < 1.29 is 17.9 Å². The van der Waals surface area contributed by atoms with Gasteiger partial charge in [0.2, 0.25) is 16.0 Å². The van der Waals surface area contributed by atoms with Crippen LogP contribution < -0.4 is 10.0 Å². The fourth-order valence-corrected chi connectivity index (χ4v) is 6.54. The van der Waals surface area contributed by atoms with E-state index < -0.39 is 22.2 Å². The monoisotopic (exact) mass is 495 g/mol. The van der Waals surface area contributed by atoms with Gasteiger partial charge in [0.05, 0.1) is 41.4 Å². The minimum Gasteiger partial charge on any atom is -0.371 e. The molecular weight excluding hydrogens is 474 g/mol. The Kier molecular flexibility index (Phi) is 5.50. The van der Waals surface area contributed by atoms with Gasteiger partial charge in [-0.05, 0) is 29.6 Å². The van der Waals surface area contributed by atoms with Crippen LogP contribution in [0.2, 0.25) is 0 Å². The van der Waals surface area contributed by atoms with Crippen molar-refractivity contribution in [1.82, 2.24) is 19.7 Å². The van der Waals surface area contributed by atoms with Gasteiger partial charge < -0.3 is 14.8 Å². The van der Waals surface area contributed by atoms with Crippen LogP contribution >= 0.6 is 11.3 Å². The minimum atomic E-state index is -3.83. The third-order valence-electron chi connectivity index (χ3n) is 5.99. The Bertz CT molecular complexity index is 1430. The van der Waals surface area contributed by atoms with Crippen LogP contribution in [0, 0.1) is 0 Å². The van der Waals surface area contributed by atoms with Crippen LogP contribution in [-0.4, -0.2) is 60.9 Å². The average molecular weight is 496 g/mol. The number of para-hydroxylation sites is 1. The van der Waals surface area contributed by atoms with E-state index in [-0.39, 0.29) is 23.6 Å². The highest BCUT2D eigenvalue weighted by atomic mass is 32.2. The molecule has 0 bridgehead atoms. The number of aromatic nitrogens is 3. The first-order valence-electron chi connectivity index (χ1n) is 10.8. The van der Waals surface area contributed by atoms with E-state index in [1.165, 1.54) is 0 Å². The van der Waals surface area contributed by atoms with Gasteiger partial charge >= 0.3 is 0 Å². The third-order valence-corrected chi connectivity index (χ3v) is 8.40. The normalized spacial score (nSPS) is 24.4. The number of benzene rings is 1. The van der Waals surface area contributed by atoms with Crippen molar-refractivity contribution in [2.24, 2.45) is 0 Å². The lowest BCUT2D eigenvalue weighted by molar-refractivity contribution is 0.0690. The Labute approximate surface area is 200 Å². The summed E-state index contributed by atoms with van der Waals surface area (Å²) in [7, 11) is -3.83. The number of hydrogen-bond acceptors (Lipinski definition) is 9. The van der Waals surface area contributed by atoms with Gasteiger partial charge in [0, 0.05) is 17.8 Å². The quantitative estimate of drug-likeness (QED) is 0.420. The van der Waals surface area contributed by atoms with Crippen molar-refractivity contribution in [2.75, 3.05) is 18.5 Å². The Hall–Kier alpha value is -2.96. The molecular formula is C23H21N5O4S2. The van der Waals surface area contributed by atoms with Crippen LogP contribution in [0.3, 0.4) is 0 Å². The molecule has 2 fully saturated rings. The lowest BCUT2D eigenvalue weighted by Crippen LogP contribution is -2.44. The molecule has 2 N–H and O–H groups in total. The molecule has 2 saturated heterocycles. The molecule has 9 nitrogen and oxygen atoms in total. The number of thiophene rings is 1. The SMILES string of the molecule is O=S(=O)(NC1COC2C(Nc3nccc(-c4cccs4)n3)COC12)c1cccc2cccnc12. The highest BCUT2D eigenvalue weighted by Crippen LogP contribution is 2.31. The molecule has 4 atom stereocenters. The molecule has 0 amide bonds. The maximum Gasteiger partial charge on any atom is 0.243 e. The standard InChI is InChI=1S/C23H21N5O4S2/c29-34(30,19-7-1-4-14-5-2-9-24-20(14)19)28-17-13-32-21-16(12-31-22(17)21)27-23-25-10-8-15(26-23)18-6-3-11-33-18/h1-11,16-17,21-22,28H,12-13H2,(H,25,26,27). The highest BCUT2D eigenvalue weighted by Gasteiger charge is 2.49. The van der Waals surface area contributed by atoms with Crippen LogP contribution in [-0.2, 0) is 19.5 Å². The van der Waals surface area contributed by atoms with Crippen LogP contribution in [0.25, 0.3) is 21.5 Å². The lowest BCUT2D eigenvalue weighted by Gasteiger charge is -2.19. The molecule has 2 aliphatic heterocycles. The van der Waals surface area contributed by atoms with E-state index in [0.717, 1.165) is 16.0 Å². The molecule has 11 heteroatoms. The molecule has 6 rings (SSSR count). The summed E-state index contributed by atoms with van der Waals surface area (Å²) in [6.07, 6.45) is 2.55. The first kappa shape index (κ1) is 21.6. The van der Waals surface area contributed by atoms with Gasteiger partial charge in [-0.2, -0.15) is 0 Å². The van der Waals surface area contributed by atoms with Gasteiger partial charge in [-0.25, -0.2) is 23.1 Å². The van der Waals surface area contributed by atoms with Crippen molar-refractivity contribution in [3.8, 4) is 10.6 Å². The maximum absolute atomic E-state index is 13.2. The maximum atomic E-state index is 13.2. The van der Waals surface area contributed by atoms with Gasteiger partial charge in [0.15, 0.2) is 0 Å². The lowest BCUT2D eigenvalue weighted by atomic mass is 10.1. The fraction of sp³-hybridized carbons (Fsp3) is 0.261. The second-order valence-corrected chi connectivity index (χ2v) is 10.8. The highest BCUT2D eigenvalue weighted by molar-refractivity contribution is 7.89. The zero-order chi connectivity index (χ0) is 23.1. The minimum absolute atomic E-state index is 0.139. The number of hydrogen-bond donors (Lipinski definition) is 2. The zero-order valence-electron chi connectivity index (χ0n) is 17.9.